The number of nitrogens with one attached hydrogen (secondary N) is 8. The third-order valence-corrected chi connectivity index (χ3v) is 19.7. The van der Waals surface area contributed by atoms with Gasteiger partial charge < -0.3 is 133 Å². The summed E-state index contributed by atoms with van der Waals surface area (Å²) < 4.78 is 42.9. The van der Waals surface area contributed by atoms with Gasteiger partial charge in [-0.3, -0.25) is 43.2 Å². The summed E-state index contributed by atoms with van der Waals surface area (Å²) >= 11 is 14.2. The first-order valence-corrected chi connectivity index (χ1v) is 34.9. The van der Waals surface area contributed by atoms with Gasteiger partial charge in [-0.25, -0.2) is 0 Å². The lowest BCUT2D eigenvalue weighted by Crippen LogP contribution is -2.63. The molecular weight excluding hydrogens is 1460 g/mol. The molecule has 12 rings (SSSR count). The molecule has 0 unspecified atom stereocenters. The second kappa shape index (κ2) is 33.8. The molecule has 21 N–H and O–H groups in total. The van der Waals surface area contributed by atoms with E-state index in [0.29, 0.717) is 0 Å². The van der Waals surface area contributed by atoms with Crippen molar-refractivity contribution >= 4 is 76.4 Å². The van der Waals surface area contributed by atoms with Gasteiger partial charge >= 0.3 is 5.97 Å². The number of esters is 1. The summed E-state index contributed by atoms with van der Waals surface area (Å²) in [4.78, 5) is 131. The van der Waals surface area contributed by atoms with E-state index < -0.39 is 243 Å². The number of hydrogen-bond acceptors (Lipinski definition) is 27. The van der Waals surface area contributed by atoms with E-state index in [-0.39, 0.29) is 65.6 Å². The average Bonchev–Trinajstić information content (AvgIpc) is 0.765. The van der Waals surface area contributed by atoms with Crippen molar-refractivity contribution < 1.29 is 122 Å². The number of carbonyl (C=O) groups is 9. The van der Waals surface area contributed by atoms with Gasteiger partial charge in [-0.05, 0) is 115 Å². The van der Waals surface area contributed by atoms with E-state index in [4.69, 9.17) is 67.8 Å². The molecule has 0 aliphatic carbocycles. The Kier molecular flexibility index (Phi) is 25.3. The van der Waals surface area contributed by atoms with Crippen molar-refractivity contribution in [3.05, 3.63) is 117 Å². The number of aliphatic hydroxyl groups excluding tert-OH is 6. The first-order chi connectivity index (χ1) is 51.1. The van der Waals surface area contributed by atoms with E-state index in [1.54, 1.807) is 13.8 Å². The van der Waals surface area contributed by atoms with Gasteiger partial charge in [0.05, 0.1) is 36.2 Å². The highest BCUT2D eigenvalue weighted by molar-refractivity contribution is 6.32. The highest BCUT2D eigenvalue weighted by Gasteiger charge is 2.51. The molecular formula is C71H84Cl2N10O25. The molecule has 11 bridgehead atoms. The largest absolute Gasteiger partial charge is 0.508 e. The molecule has 8 amide bonds. The van der Waals surface area contributed by atoms with Gasteiger partial charge in [-0.2, -0.15) is 0 Å². The number of primary amides is 1. The minimum absolute atomic E-state index is 0.0117. The normalized spacial score (nSPS) is 28.2. The number of aliphatic hydroxyl groups is 6. The maximum atomic E-state index is 16.2. The summed E-state index contributed by atoms with van der Waals surface area (Å²) in [5.41, 5.74) is 8.61. The van der Waals surface area contributed by atoms with Crippen LogP contribution >= 0.6 is 23.2 Å². The van der Waals surface area contributed by atoms with E-state index in [0.717, 1.165) is 73.8 Å². The van der Waals surface area contributed by atoms with E-state index in [1.807, 2.05) is 13.8 Å². The zero-order valence-electron chi connectivity index (χ0n) is 58.8. The zero-order chi connectivity index (χ0) is 78.7. The number of amides is 8. The van der Waals surface area contributed by atoms with Crippen LogP contribution in [-0.4, -0.2) is 199 Å². The Morgan fingerprint density at radius 2 is 1.34 bits per heavy atom. The summed E-state index contributed by atoms with van der Waals surface area (Å²) in [7, 11) is 2.62. The van der Waals surface area contributed by atoms with Crippen LogP contribution in [-0.2, 0) is 62.1 Å². The number of phenols is 3. The van der Waals surface area contributed by atoms with Gasteiger partial charge in [0.15, 0.2) is 30.2 Å². The predicted octanol–water partition coefficient (Wildman–Crippen LogP) is 0.296. The molecule has 37 heteroatoms. The number of carbonyl (C=O) groups excluding carboxylic acids is 9. The number of nitrogens with two attached hydrogens (primary N) is 2. The Morgan fingerprint density at radius 3 is 1.94 bits per heavy atom. The lowest BCUT2D eigenvalue weighted by Gasteiger charge is -2.47. The molecule has 0 saturated carbocycles. The van der Waals surface area contributed by atoms with E-state index >= 15 is 19.2 Å². The van der Waals surface area contributed by atoms with Crippen LogP contribution < -0.4 is 68.2 Å². The third kappa shape index (κ3) is 17.8. The summed E-state index contributed by atoms with van der Waals surface area (Å²) in [5.74, 6) is -16.4. The molecule has 5 aromatic carbocycles. The Bertz CT molecular complexity index is 4290. The first kappa shape index (κ1) is 80.8. The van der Waals surface area contributed by atoms with Crippen LogP contribution in [0, 0.1) is 11.8 Å². The van der Waals surface area contributed by atoms with Gasteiger partial charge in [0.1, 0.15) is 95.5 Å². The van der Waals surface area contributed by atoms with E-state index in [2.05, 4.69) is 42.5 Å². The number of benzene rings is 5. The number of fused-ring (bicyclic) bond motifs is 15. The van der Waals surface area contributed by atoms with Crippen molar-refractivity contribution in [3.8, 4) is 57.1 Å². The van der Waals surface area contributed by atoms with Crippen molar-refractivity contribution in [2.24, 2.45) is 23.3 Å². The molecule has 0 aromatic heterocycles. The molecule has 0 spiro atoms. The zero-order valence-corrected chi connectivity index (χ0v) is 60.3. The third-order valence-electron chi connectivity index (χ3n) is 19.1. The molecule has 582 valence electrons. The Hall–Kier alpha value is -9.73. The van der Waals surface area contributed by atoms with Crippen molar-refractivity contribution in [1.82, 2.24) is 42.5 Å². The Morgan fingerprint density at radius 1 is 0.722 bits per heavy atom. The SMILES string of the molecule is CN[C@H](CC(C)C)C(=O)N[C@H]1C(=O)N[C@@H](CC(N)=O)C(=O)N[C@H]2C(=O)N[C@H]3C(=O)N[C@H](C(=O)N[C@H](C(=O)NCCCC(=O)OC)c4cc(O)cc(O)c4-c4cc3ccc4O)[C@H](O)c3ccc(c(Cl)c3)Oc3cc2cc(c3O[C@H]2O[C@@H](CO)[C@H](O)[C@@H](O)[C@@H]2O[C@H]2C[C@](C)(N)[C@H](C)[C@H](O)O2)Oc2ccc(cc2Cl)[C@H]1O. The average molecular weight is 1550 g/mol. The maximum absolute atomic E-state index is 16.2. The van der Waals surface area contributed by atoms with Gasteiger partial charge in [-0.15, -0.1) is 0 Å². The van der Waals surface area contributed by atoms with Crippen LogP contribution in [0.15, 0.2) is 78.9 Å². The highest BCUT2D eigenvalue weighted by Crippen LogP contribution is 2.50. The van der Waals surface area contributed by atoms with Crippen LogP contribution in [0.25, 0.3) is 11.1 Å². The van der Waals surface area contributed by atoms with Crippen molar-refractivity contribution in [2.45, 2.75) is 163 Å². The Balaban J connectivity index is 1.23. The number of likely N-dealkylation sites (N-methyl/N-ethyl adjacent to an activating group) is 1. The predicted molar refractivity (Wildman–Crippen MR) is 376 cm³/mol. The first-order valence-electron chi connectivity index (χ1n) is 34.2. The summed E-state index contributed by atoms with van der Waals surface area (Å²) in [6.45, 7) is 5.62. The molecule has 7 aliphatic rings. The molecule has 7 heterocycles. The molecule has 2 saturated heterocycles. The van der Waals surface area contributed by atoms with Gasteiger partial charge in [0, 0.05) is 48.0 Å². The van der Waals surface area contributed by atoms with Crippen LogP contribution in [0.3, 0.4) is 0 Å². The number of rotatable bonds is 17. The number of hydrogen-bond donors (Lipinski definition) is 19. The quantitative estimate of drug-likeness (QED) is 0.0440. The summed E-state index contributed by atoms with van der Waals surface area (Å²) in [5, 5.41) is 124. The highest BCUT2D eigenvalue weighted by atomic mass is 35.5. The van der Waals surface area contributed by atoms with Crippen molar-refractivity contribution in [1.29, 1.82) is 0 Å². The van der Waals surface area contributed by atoms with Crippen molar-refractivity contribution in [2.75, 3.05) is 27.3 Å². The smallest absolute Gasteiger partial charge is 0.305 e. The second-order valence-corrected chi connectivity index (χ2v) is 28.2. The topological polar surface area (TPSA) is 549 Å². The number of methoxy groups -OCH3 is 1. The number of halogens is 2. The van der Waals surface area contributed by atoms with E-state index in [1.165, 1.54) is 19.2 Å². The fourth-order valence-corrected chi connectivity index (χ4v) is 13.4. The van der Waals surface area contributed by atoms with Crippen LogP contribution in [0.1, 0.15) is 118 Å². The summed E-state index contributed by atoms with van der Waals surface area (Å²) in [6.07, 6.45) is -18.2. The molecule has 35 nitrogen and oxygen atoms in total. The number of phenolic OH excluding ortho intramolecular Hbond substituents is 3. The minimum atomic E-state index is -2.36. The van der Waals surface area contributed by atoms with E-state index in [9.17, 15) is 69.9 Å². The summed E-state index contributed by atoms with van der Waals surface area (Å²) in [6, 6.07) is -0.158. The van der Waals surface area contributed by atoms with Gasteiger partial charge in [0.25, 0.3) is 0 Å². The number of ether oxygens (including phenoxy) is 7. The monoisotopic (exact) mass is 1550 g/mol. The number of aromatic hydroxyl groups is 3. The fourth-order valence-electron chi connectivity index (χ4n) is 13.0. The van der Waals surface area contributed by atoms with Gasteiger partial charge in [-0.1, -0.05) is 62.2 Å². The van der Waals surface area contributed by atoms with Crippen LogP contribution in [0.4, 0.5) is 0 Å². The minimum Gasteiger partial charge on any atom is -0.508 e. The lowest BCUT2D eigenvalue weighted by atomic mass is 9.82. The lowest BCUT2D eigenvalue weighted by molar-refractivity contribution is -0.348. The maximum Gasteiger partial charge on any atom is 0.305 e. The second-order valence-electron chi connectivity index (χ2n) is 27.4. The molecule has 2 fully saturated rings. The van der Waals surface area contributed by atoms with Crippen molar-refractivity contribution in [3.63, 3.8) is 0 Å². The fraction of sp³-hybridized carbons (Fsp3) is 0.451. The van der Waals surface area contributed by atoms with Gasteiger partial charge in [0.2, 0.25) is 59.3 Å². The Labute approximate surface area is 626 Å². The molecule has 108 heavy (non-hydrogen) atoms. The van der Waals surface area contributed by atoms with Crippen LogP contribution in [0.2, 0.25) is 10.0 Å². The van der Waals surface area contributed by atoms with Crippen LogP contribution in [0.5, 0.6) is 46.0 Å². The molecule has 7 aliphatic heterocycles. The standard InChI is InChI=1S/C71H84Cl2N10O25/c1-27(2)16-38(76-5)62(94)82-54-56(90)30-10-13-42(36(72)18-30)103-44-20-32-21-45(60(44)108-70-61(59(93)58(92)46(26-84)105-70)106-49-25-71(4,75)28(3)69(101)107-49)104-43-14-11-31(19-37(43)73)57(91)55-68(100)81-53(64(96)77-15-7-8-48(89)102-6)35-22-33(85)23-41(87)50(35)34-17-29(9-12-40(34)86)51(65(97)83-55)80-66(98)52(32)79-63(95)39(24-47(74)88)78-67(54)99/h9-14,17-23,27-28,38-39,46,49,51-59,61,69-70,76,84-87,90-93,101H,7-8,15-16,24-26,75H2,1-6H3,(H2,74,88)(H,77,96)(H,78,99)(H,79,95)(H,80,98)(H,81,100)(H,82,94)(H,83,97)/t28-,38-,39+,46+,49-,51-,52-,53+,54-,55+,56-,57-,58+,59-,61+,69-,70-,71+/m1/s1. The molecule has 5 aromatic rings. The molecule has 18 atom stereocenters. The molecule has 0 radical (unpaired) electrons.